The molecular formula is C20H14ClF3N2O3S. The molecule has 0 aromatic heterocycles. The Bertz CT molecular complexity index is 1180. The Kier molecular flexibility index (Phi) is 6.04. The van der Waals surface area contributed by atoms with Gasteiger partial charge in [0, 0.05) is 10.7 Å². The van der Waals surface area contributed by atoms with Gasteiger partial charge in [-0.3, -0.25) is 9.52 Å². The van der Waals surface area contributed by atoms with Crippen LogP contribution in [0.1, 0.15) is 15.9 Å². The first-order valence-electron chi connectivity index (χ1n) is 8.42. The number of hydrogen-bond acceptors (Lipinski definition) is 3. The van der Waals surface area contributed by atoms with Gasteiger partial charge in [-0.15, -0.1) is 0 Å². The fourth-order valence-electron chi connectivity index (χ4n) is 2.62. The van der Waals surface area contributed by atoms with Crippen LogP contribution in [0.4, 0.5) is 24.5 Å². The minimum Gasteiger partial charge on any atom is -0.322 e. The van der Waals surface area contributed by atoms with Crippen molar-refractivity contribution in [1.82, 2.24) is 0 Å². The fraction of sp³-hybridized carbons (Fsp3) is 0.0500. The normalized spacial score (nSPS) is 11.7. The first-order valence-corrected chi connectivity index (χ1v) is 10.3. The smallest absolute Gasteiger partial charge is 0.322 e. The summed E-state index contributed by atoms with van der Waals surface area (Å²) in [6, 6.07) is 15.5. The molecule has 5 nitrogen and oxygen atoms in total. The van der Waals surface area contributed by atoms with Gasteiger partial charge in [-0.05, 0) is 54.6 Å². The summed E-state index contributed by atoms with van der Waals surface area (Å²) in [6.45, 7) is 0. The Labute approximate surface area is 175 Å². The molecule has 30 heavy (non-hydrogen) atoms. The molecule has 2 N–H and O–H groups in total. The molecular weight excluding hydrogens is 441 g/mol. The van der Waals surface area contributed by atoms with E-state index in [2.05, 4.69) is 10.0 Å². The molecule has 0 saturated carbocycles. The molecule has 0 aliphatic heterocycles. The molecule has 0 atom stereocenters. The molecule has 0 bridgehead atoms. The van der Waals surface area contributed by atoms with E-state index in [1.54, 1.807) is 0 Å². The average Bonchev–Trinajstić information content (AvgIpc) is 2.67. The third-order valence-corrected chi connectivity index (χ3v) is 5.62. The Balaban J connectivity index is 1.81. The number of benzene rings is 3. The van der Waals surface area contributed by atoms with Crippen LogP contribution in [0.25, 0.3) is 0 Å². The molecule has 0 radical (unpaired) electrons. The summed E-state index contributed by atoms with van der Waals surface area (Å²) in [5, 5.41) is 2.73. The van der Waals surface area contributed by atoms with Crippen molar-refractivity contribution in [2.24, 2.45) is 0 Å². The molecule has 1 amide bonds. The van der Waals surface area contributed by atoms with E-state index in [0.717, 1.165) is 12.1 Å². The highest BCUT2D eigenvalue weighted by molar-refractivity contribution is 7.92. The van der Waals surface area contributed by atoms with Crippen molar-refractivity contribution in [2.45, 2.75) is 11.1 Å². The lowest BCUT2D eigenvalue weighted by Crippen LogP contribution is -2.19. The summed E-state index contributed by atoms with van der Waals surface area (Å²) in [6.07, 6.45) is -4.69. The van der Waals surface area contributed by atoms with Crippen molar-refractivity contribution in [3.8, 4) is 0 Å². The number of rotatable bonds is 5. The lowest BCUT2D eigenvalue weighted by Gasteiger charge is -2.13. The summed E-state index contributed by atoms with van der Waals surface area (Å²) >= 11 is 5.76. The molecule has 0 heterocycles. The van der Waals surface area contributed by atoms with Crippen LogP contribution < -0.4 is 10.0 Å². The summed E-state index contributed by atoms with van der Waals surface area (Å²) in [7, 11) is -3.92. The maximum Gasteiger partial charge on any atom is 0.417 e. The van der Waals surface area contributed by atoms with Gasteiger partial charge in [-0.1, -0.05) is 29.8 Å². The molecule has 0 saturated heterocycles. The van der Waals surface area contributed by atoms with Gasteiger partial charge in [0.15, 0.2) is 0 Å². The van der Waals surface area contributed by atoms with Crippen LogP contribution in [0.15, 0.2) is 77.7 Å². The Morgan fingerprint density at radius 2 is 1.50 bits per heavy atom. The van der Waals surface area contributed by atoms with Crippen LogP contribution in [-0.4, -0.2) is 14.3 Å². The van der Waals surface area contributed by atoms with E-state index in [1.807, 2.05) is 0 Å². The number of sulfonamides is 1. The van der Waals surface area contributed by atoms with E-state index in [0.29, 0.717) is 5.02 Å². The van der Waals surface area contributed by atoms with E-state index in [-0.39, 0.29) is 16.3 Å². The van der Waals surface area contributed by atoms with Gasteiger partial charge in [0.2, 0.25) is 0 Å². The van der Waals surface area contributed by atoms with Crippen LogP contribution >= 0.6 is 11.6 Å². The minimum absolute atomic E-state index is 0.0274. The van der Waals surface area contributed by atoms with E-state index in [9.17, 15) is 26.4 Å². The van der Waals surface area contributed by atoms with E-state index in [1.165, 1.54) is 60.7 Å². The van der Waals surface area contributed by atoms with Gasteiger partial charge in [0.1, 0.15) is 0 Å². The molecule has 3 aromatic carbocycles. The third-order valence-electron chi connectivity index (χ3n) is 3.97. The topological polar surface area (TPSA) is 75.3 Å². The van der Waals surface area contributed by atoms with Gasteiger partial charge >= 0.3 is 6.18 Å². The van der Waals surface area contributed by atoms with Crippen molar-refractivity contribution < 1.29 is 26.4 Å². The van der Waals surface area contributed by atoms with Crippen molar-refractivity contribution in [2.75, 3.05) is 10.0 Å². The molecule has 3 aromatic rings. The number of halogens is 4. The first-order chi connectivity index (χ1) is 14.1. The SMILES string of the molecule is O=C(Nc1cccc(NS(=O)(=O)c2ccc(Cl)cc2)c1)c1ccccc1C(F)(F)F. The molecule has 0 aliphatic carbocycles. The summed E-state index contributed by atoms with van der Waals surface area (Å²) < 4.78 is 66.6. The largest absolute Gasteiger partial charge is 0.417 e. The average molecular weight is 455 g/mol. The number of nitrogens with one attached hydrogen (secondary N) is 2. The zero-order chi connectivity index (χ0) is 21.9. The summed E-state index contributed by atoms with van der Waals surface area (Å²) in [5.41, 5.74) is -1.38. The Morgan fingerprint density at radius 1 is 0.867 bits per heavy atom. The van der Waals surface area contributed by atoms with Crippen LogP contribution in [0.3, 0.4) is 0 Å². The Hall–Kier alpha value is -3.04. The fourth-order valence-corrected chi connectivity index (χ4v) is 3.79. The summed E-state index contributed by atoms with van der Waals surface area (Å²) in [4.78, 5) is 12.3. The van der Waals surface area contributed by atoms with Crippen molar-refractivity contribution in [3.05, 3.63) is 88.9 Å². The second-order valence-electron chi connectivity index (χ2n) is 6.14. The van der Waals surface area contributed by atoms with Crippen LogP contribution in [0, 0.1) is 0 Å². The molecule has 0 spiro atoms. The highest BCUT2D eigenvalue weighted by Gasteiger charge is 2.34. The standard InChI is InChI=1S/C20H14ClF3N2O3S/c21-13-8-10-16(11-9-13)30(28,29)26-15-5-3-4-14(12-15)25-19(27)17-6-1-2-7-18(17)20(22,23)24/h1-12,26H,(H,25,27). The third kappa shape index (κ3) is 5.11. The van der Waals surface area contributed by atoms with Crippen LogP contribution in [0.2, 0.25) is 5.02 Å². The molecule has 0 aliphatic rings. The highest BCUT2D eigenvalue weighted by atomic mass is 35.5. The van der Waals surface area contributed by atoms with Gasteiger partial charge < -0.3 is 5.32 Å². The number of carbonyl (C=O) groups is 1. The van der Waals surface area contributed by atoms with Gasteiger partial charge in [-0.25, -0.2) is 8.42 Å². The second-order valence-corrected chi connectivity index (χ2v) is 8.26. The zero-order valence-electron chi connectivity index (χ0n) is 15.1. The van der Waals surface area contributed by atoms with Crippen molar-refractivity contribution >= 4 is 38.9 Å². The predicted molar refractivity (Wildman–Crippen MR) is 108 cm³/mol. The van der Waals surface area contributed by atoms with Gasteiger partial charge in [0.25, 0.3) is 15.9 Å². The van der Waals surface area contributed by atoms with Gasteiger partial charge in [0.05, 0.1) is 21.7 Å². The zero-order valence-corrected chi connectivity index (χ0v) is 16.6. The van der Waals surface area contributed by atoms with E-state index < -0.39 is 33.2 Å². The quantitative estimate of drug-likeness (QED) is 0.541. The number of anilines is 2. The number of alkyl halides is 3. The predicted octanol–water partition coefficient (Wildman–Crippen LogP) is 5.41. The maximum atomic E-state index is 13.1. The molecule has 156 valence electrons. The number of carbonyl (C=O) groups excluding carboxylic acids is 1. The molecule has 0 unspecified atom stereocenters. The van der Waals surface area contributed by atoms with Crippen LogP contribution in [-0.2, 0) is 16.2 Å². The lowest BCUT2D eigenvalue weighted by atomic mass is 10.1. The van der Waals surface area contributed by atoms with Crippen molar-refractivity contribution in [1.29, 1.82) is 0 Å². The monoisotopic (exact) mass is 454 g/mol. The van der Waals surface area contributed by atoms with Crippen molar-refractivity contribution in [3.63, 3.8) is 0 Å². The molecule has 10 heteroatoms. The van der Waals surface area contributed by atoms with E-state index >= 15 is 0 Å². The first kappa shape index (κ1) is 21.7. The Morgan fingerprint density at radius 3 is 2.17 bits per heavy atom. The highest BCUT2D eigenvalue weighted by Crippen LogP contribution is 2.32. The second kappa shape index (κ2) is 8.37. The van der Waals surface area contributed by atoms with Gasteiger partial charge in [-0.2, -0.15) is 13.2 Å². The summed E-state index contributed by atoms with van der Waals surface area (Å²) in [5.74, 6) is -0.972. The lowest BCUT2D eigenvalue weighted by molar-refractivity contribution is -0.137. The van der Waals surface area contributed by atoms with Crippen LogP contribution in [0.5, 0.6) is 0 Å². The minimum atomic E-state index is -4.69. The van der Waals surface area contributed by atoms with E-state index in [4.69, 9.17) is 11.6 Å². The molecule has 0 fully saturated rings. The number of amides is 1. The maximum absolute atomic E-state index is 13.1. The number of hydrogen-bond donors (Lipinski definition) is 2. The molecule has 3 rings (SSSR count).